The van der Waals surface area contributed by atoms with E-state index in [4.69, 9.17) is 0 Å². The number of likely N-dealkylation sites (tertiary alicyclic amines) is 1. The first-order valence-electron chi connectivity index (χ1n) is 5.63. The lowest BCUT2D eigenvalue weighted by Crippen LogP contribution is -2.33. The maximum Gasteiger partial charge on any atom is 0.241 e. The molecule has 1 saturated heterocycles. The standard InChI is InChI=1S/C12H14BrIN2O/c13-10-7-9(14)3-4-11(10)15-8-12(17)16-5-1-2-6-16/h3-4,7,15H,1-2,5-6,8H2. The number of rotatable bonds is 3. The molecular formula is C12H14BrIN2O. The van der Waals surface area contributed by atoms with Gasteiger partial charge in [0.25, 0.3) is 0 Å². The van der Waals surface area contributed by atoms with E-state index in [-0.39, 0.29) is 5.91 Å². The molecule has 92 valence electrons. The molecule has 0 radical (unpaired) electrons. The topological polar surface area (TPSA) is 32.3 Å². The molecule has 2 rings (SSSR count). The van der Waals surface area contributed by atoms with Crippen molar-refractivity contribution in [3.63, 3.8) is 0 Å². The van der Waals surface area contributed by atoms with Gasteiger partial charge in [0.05, 0.1) is 6.54 Å². The third kappa shape index (κ3) is 3.58. The second-order valence-corrected chi connectivity index (χ2v) is 6.17. The number of amides is 1. The molecule has 5 heteroatoms. The van der Waals surface area contributed by atoms with Crippen LogP contribution in [0.15, 0.2) is 22.7 Å². The fourth-order valence-electron chi connectivity index (χ4n) is 1.88. The number of carbonyl (C=O) groups excluding carboxylic acids is 1. The minimum atomic E-state index is 0.188. The van der Waals surface area contributed by atoms with E-state index in [0.717, 1.165) is 36.1 Å². The molecule has 0 bridgehead atoms. The van der Waals surface area contributed by atoms with Crippen LogP contribution in [-0.4, -0.2) is 30.4 Å². The van der Waals surface area contributed by atoms with Gasteiger partial charge in [0, 0.05) is 26.8 Å². The average molecular weight is 409 g/mol. The number of halogens is 2. The maximum atomic E-state index is 11.8. The maximum absolute atomic E-state index is 11.8. The molecule has 1 aromatic carbocycles. The van der Waals surface area contributed by atoms with Crippen LogP contribution in [0.3, 0.4) is 0 Å². The SMILES string of the molecule is O=C(CNc1ccc(I)cc1Br)N1CCCC1. The first-order valence-corrected chi connectivity index (χ1v) is 7.51. The van der Waals surface area contributed by atoms with E-state index < -0.39 is 0 Å². The first kappa shape index (κ1) is 13.1. The molecule has 0 atom stereocenters. The summed E-state index contributed by atoms with van der Waals surface area (Å²) in [5.74, 6) is 0.188. The minimum Gasteiger partial charge on any atom is -0.375 e. The summed E-state index contributed by atoms with van der Waals surface area (Å²) in [7, 11) is 0. The predicted molar refractivity (Wildman–Crippen MR) is 81.2 cm³/mol. The number of nitrogens with zero attached hydrogens (tertiary/aromatic N) is 1. The van der Waals surface area contributed by atoms with Crippen molar-refractivity contribution in [3.05, 3.63) is 26.2 Å². The van der Waals surface area contributed by atoms with Crippen molar-refractivity contribution in [2.75, 3.05) is 25.0 Å². The van der Waals surface area contributed by atoms with Gasteiger partial charge in [-0.2, -0.15) is 0 Å². The van der Waals surface area contributed by atoms with E-state index in [1.807, 2.05) is 23.1 Å². The monoisotopic (exact) mass is 408 g/mol. The van der Waals surface area contributed by atoms with Crippen LogP contribution in [0.1, 0.15) is 12.8 Å². The Kier molecular flexibility index (Phi) is 4.67. The number of hydrogen-bond donors (Lipinski definition) is 1. The second-order valence-electron chi connectivity index (χ2n) is 4.07. The van der Waals surface area contributed by atoms with Gasteiger partial charge in [-0.15, -0.1) is 0 Å². The van der Waals surface area contributed by atoms with Gasteiger partial charge in [-0.3, -0.25) is 4.79 Å². The summed E-state index contributed by atoms with van der Waals surface area (Å²) in [5.41, 5.74) is 0.970. The zero-order chi connectivity index (χ0) is 12.3. The van der Waals surface area contributed by atoms with Crippen molar-refractivity contribution < 1.29 is 4.79 Å². The zero-order valence-electron chi connectivity index (χ0n) is 9.38. The molecule has 0 saturated carbocycles. The lowest BCUT2D eigenvalue weighted by molar-refractivity contribution is -0.128. The average Bonchev–Trinajstić information content (AvgIpc) is 2.81. The molecule has 1 fully saturated rings. The van der Waals surface area contributed by atoms with Crippen LogP contribution in [0, 0.1) is 3.57 Å². The Bertz CT molecular complexity index is 419. The Hall–Kier alpha value is -0.300. The smallest absolute Gasteiger partial charge is 0.241 e. The Morgan fingerprint density at radius 2 is 2.12 bits per heavy atom. The molecule has 0 aromatic heterocycles. The van der Waals surface area contributed by atoms with Crippen molar-refractivity contribution in [1.82, 2.24) is 4.90 Å². The van der Waals surface area contributed by atoms with Crippen molar-refractivity contribution in [2.24, 2.45) is 0 Å². The summed E-state index contributed by atoms with van der Waals surface area (Å²) in [6.45, 7) is 2.20. The molecule has 0 aliphatic carbocycles. The summed E-state index contributed by atoms with van der Waals surface area (Å²) in [4.78, 5) is 13.8. The minimum absolute atomic E-state index is 0.188. The Morgan fingerprint density at radius 1 is 1.41 bits per heavy atom. The number of benzene rings is 1. The normalized spacial score (nSPS) is 15.1. The Balaban J connectivity index is 1.90. The molecular weight excluding hydrogens is 395 g/mol. The first-order chi connectivity index (χ1) is 8.16. The molecule has 3 nitrogen and oxygen atoms in total. The quantitative estimate of drug-likeness (QED) is 0.779. The molecule has 0 unspecified atom stereocenters. The zero-order valence-corrected chi connectivity index (χ0v) is 13.1. The molecule has 17 heavy (non-hydrogen) atoms. The van der Waals surface area contributed by atoms with Gasteiger partial charge >= 0.3 is 0 Å². The Labute approximate surface area is 123 Å². The highest BCUT2D eigenvalue weighted by atomic mass is 127. The van der Waals surface area contributed by atoms with E-state index in [1.165, 1.54) is 3.57 Å². The summed E-state index contributed by atoms with van der Waals surface area (Å²) in [6.07, 6.45) is 2.28. The van der Waals surface area contributed by atoms with Crippen LogP contribution in [0.2, 0.25) is 0 Å². The third-order valence-corrected chi connectivity index (χ3v) is 4.15. The number of nitrogens with one attached hydrogen (secondary N) is 1. The number of anilines is 1. The molecule has 1 amide bonds. The van der Waals surface area contributed by atoms with Gasteiger partial charge in [-0.1, -0.05) is 0 Å². The fourth-order valence-corrected chi connectivity index (χ4v) is 3.32. The van der Waals surface area contributed by atoms with Gasteiger partial charge in [-0.05, 0) is 69.6 Å². The predicted octanol–water partition coefficient (Wildman–Crippen LogP) is 3.09. The summed E-state index contributed by atoms with van der Waals surface area (Å²) in [5, 5.41) is 3.18. The van der Waals surface area contributed by atoms with E-state index >= 15 is 0 Å². The largest absolute Gasteiger partial charge is 0.375 e. The van der Waals surface area contributed by atoms with Crippen LogP contribution in [0.5, 0.6) is 0 Å². The molecule has 1 aromatic rings. The van der Waals surface area contributed by atoms with E-state index in [0.29, 0.717) is 6.54 Å². The Morgan fingerprint density at radius 3 is 2.76 bits per heavy atom. The van der Waals surface area contributed by atoms with E-state index in [9.17, 15) is 4.79 Å². The fraction of sp³-hybridized carbons (Fsp3) is 0.417. The van der Waals surface area contributed by atoms with Crippen LogP contribution in [0.25, 0.3) is 0 Å². The molecule has 1 heterocycles. The summed E-state index contributed by atoms with van der Waals surface area (Å²) >= 11 is 5.75. The van der Waals surface area contributed by atoms with Crippen molar-refractivity contribution in [3.8, 4) is 0 Å². The van der Waals surface area contributed by atoms with Crippen LogP contribution < -0.4 is 5.32 Å². The second kappa shape index (κ2) is 6.04. The van der Waals surface area contributed by atoms with E-state index in [2.05, 4.69) is 43.8 Å². The highest BCUT2D eigenvalue weighted by Gasteiger charge is 2.17. The highest BCUT2D eigenvalue weighted by Crippen LogP contribution is 2.24. The van der Waals surface area contributed by atoms with Gasteiger partial charge in [-0.25, -0.2) is 0 Å². The number of carbonyl (C=O) groups is 1. The van der Waals surface area contributed by atoms with Crippen molar-refractivity contribution >= 4 is 50.1 Å². The summed E-state index contributed by atoms with van der Waals surface area (Å²) in [6, 6.07) is 6.04. The van der Waals surface area contributed by atoms with E-state index in [1.54, 1.807) is 0 Å². The summed E-state index contributed by atoms with van der Waals surface area (Å²) < 4.78 is 2.17. The van der Waals surface area contributed by atoms with Crippen LogP contribution in [0.4, 0.5) is 5.69 Å². The van der Waals surface area contributed by atoms with Crippen molar-refractivity contribution in [1.29, 1.82) is 0 Å². The van der Waals surface area contributed by atoms with Crippen molar-refractivity contribution in [2.45, 2.75) is 12.8 Å². The lowest BCUT2D eigenvalue weighted by atomic mass is 10.3. The molecule has 1 aliphatic heterocycles. The van der Waals surface area contributed by atoms with Gasteiger partial charge < -0.3 is 10.2 Å². The highest BCUT2D eigenvalue weighted by molar-refractivity contribution is 14.1. The number of hydrogen-bond acceptors (Lipinski definition) is 2. The van der Waals surface area contributed by atoms with Crippen LogP contribution in [-0.2, 0) is 4.79 Å². The van der Waals surface area contributed by atoms with Gasteiger partial charge in [0.1, 0.15) is 0 Å². The van der Waals surface area contributed by atoms with Crippen LogP contribution >= 0.6 is 38.5 Å². The van der Waals surface area contributed by atoms with Gasteiger partial charge in [0.15, 0.2) is 0 Å². The third-order valence-electron chi connectivity index (χ3n) is 2.82. The molecule has 0 spiro atoms. The molecule has 1 aliphatic rings. The molecule has 1 N–H and O–H groups in total. The van der Waals surface area contributed by atoms with Gasteiger partial charge in [0.2, 0.25) is 5.91 Å². The lowest BCUT2D eigenvalue weighted by Gasteiger charge is -2.16.